The summed E-state index contributed by atoms with van der Waals surface area (Å²) in [5.74, 6) is 1.79. The molecule has 3 fully saturated rings. The van der Waals surface area contributed by atoms with Gasteiger partial charge in [-0.15, -0.1) is 0 Å². The van der Waals surface area contributed by atoms with Crippen LogP contribution in [0.3, 0.4) is 0 Å². The van der Waals surface area contributed by atoms with Gasteiger partial charge in [0.25, 0.3) is 0 Å². The van der Waals surface area contributed by atoms with Crippen molar-refractivity contribution in [3.63, 3.8) is 0 Å². The smallest absolute Gasteiger partial charge is 0.225 e. The summed E-state index contributed by atoms with van der Waals surface area (Å²) in [6.45, 7) is 5.38. The van der Waals surface area contributed by atoms with E-state index in [9.17, 15) is 9.90 Å². The second-order valence-electron chi connectivity index (χ2n) is 10.5. The lowest BCUT2D eigenvalue weighted by Gasteiger charge is -2.45. The molecule has 4 atom stereocenters. The highest BCUT2D eigenvalue weighted by molar-refractivity contribution is 5.76. The van der Waals surface area contributed by atoms with Gasteiger partial charge < -0.3 is 29.1 Å². The first-order valence-corrected chi connectivity index (χ1v) is 13.5. The summed E-state index contributed by atoms with van der Waals surface area (Å²) >= 11 is 0. The molecule has 0 aliphatic carbocycles. The Morgan fingerprint density at radius 3 is 2.46 bits per heavy atom. The molecule has 3 saturated heterocycles. The standard InChI is InChI=1S/C29H39N3O5/c1-30-13-15-31(16-14-30)29(34)17-26-11-12-27-28(37-26)21-35-20-23(33)19-32(27)18-22-7-9-25(10-8-22)36-24-5-3-2-4-6-24/h2-10,23,26-28,33H,11-21H2,1H3/t23-,26-,27+,28-/m1/s1. The third-order valence-electron chi connectivity index (χ3n) is 7.63. The molecule has 3 aliphatic rings. The molecule has 3 heterocycles. The van der Waals surface area contributed by atoms with Crippen LogP contribution in [0.4, 0.5) is 0 Å². The van der Waals surface area contributed by atoms with E-state index < -0.39 is 6.10 Å². The maximum absolute atomic E-state index is 12.9. The van der Waals surface area contributed by atoms with Gasteiger partial charge in [0.15, 0.2) is 0 Å². The summed E-state index contributed by atoms with van der Waals surface area (Å²) in [5, 5.41) is 10.5. The molecule has 8 nitrogen and oxygen atoms in total. The molecule has 0 unspecified atom stereocenters. The predicted octanol–water partition coefficient (Wildman–Crippen LogP) is 2.75. The number of rotatable bonds is 6. The average molecular weight is 510 g/mol. The third-order valence-corrected chi connectivity index (χ3v) is 7.63. The van der Waals surface area contributed by atoms with Crippen LogP contribution in [-0.4, -0.2) is 103 Å². The zero-order chi connectivity index (χ0) is 25.6. The van der Waals surface area contributed by atoms with E-state index in [-0.39, 0.29) is 30.8 Å². The van der Waals surface area contributed by atoms with Crippen molar-refractivity contribution < 1.29 is 24.1 Å². The Bertz CT molecular complexity index is 996. The molecule has 2 aromatic rings. The fraction of sp³-hybridized carbons (Fsp3) is 0.552. The highest BCUT2D eigenvalue weighted by atomic mass is 16.5. The molecule has 200 valence electrons. The van der Waals surface area contributed by atoms with Crippen molar-refractivity contribution in [2.24, 2.45) is 0 Å². The van der Waals surface area contributed by atoms with Crippen molar-refractivity contribution in [3.05, 3.63) is 60.2 Å². The Morgan fingerprint density at radius 2 is 1.70 bits per heavy atom. The third kappa shape index (κ3) is 7.09. The van der Waals surface area contributed by atoms with Crippen LogP contribution in [0.25, 0.3) is 0 Å². The molecule has 0 bridgehead atoms. The number of β-amino-alcohol motifs (C(OH)–C–C–N with tert-alkyl or cyclic N) is 1. The molecule has 5 rings (SSSR count). The minimum atomic E-state index is -0.543. The average Bonchev–Trinajstić information content (AvgIpc) is 2.90. The fourth-order valence-electron chi connectivity index (χ4n) is 5.53. The summed E-state index contributed by atoms with van der Waals surface area (Å²) in [4.78, 5) is 19.4. The van der Waals surface area contributed by atoms with E-state index in [4.69, 9.17) is 14.2 Å². The van der Waals surface area contributed by atoms with Crippen LogP contribution in [0.5, 0.6) is 11.5 Å². The molecule has 0 radical (unpaired) electrons. The highest BCUT2D eigenvalue weighted by Crippen LogP contribution is 2.30. The fourth-order valence-corrected chi connectivity index (χ4v) is 5.53. The molecule has 2 aromatic carbocycles. The van der Waals surface area contributed by atoms with Crippen LogP contribution in [0, 0.1) is 0 Å². The van der Waals surface area contributed by atoms with Gasteiger partial charge in [0.05, 0.1) is 37.9 Å². The van der Waals surface area contributed by atoms with Crippen molar-refractivity contribution in [2.45, 2.75) is 50.2 Å². The van der Waals surface area contributed by atoms with E-state index in [1.54, 1.807) is 0 Å². The molecular weight excluding hydrogens is 470 g/mol. The van der Waals surface area contributed by atoms with Gasteiger partial charge in [0.2, 0.25) is 5.91 Å². The number of carbonyl (C=O) groups excluding carboxylic acids is 1. The van der Waals surface area contributed by atoms with Gasteiger partial charge in [-0.3, -0.25) is 9.69 Å². The van der Waals surface area contributed by atoms with Gasteiger partial charge in [0.1, 0.15) is 11.5 Å². The van der Waals surface area contributed by atoms with Crippen LogP contribution < -0.4 is 4.74 Å². The molecular formula is C29H39N3O5. The van der Waals surface area contributed by atoms with Gasteiger partial charge in [-0.25, -0.2) is 0 Å². The summed E-state index contributed by atoms with van der Waals surface area (Å²) in [6, 6.07) is 18.0. The van der Waals surface area contributed by atoms with Crippen LogP contribution in [0.2, 0.25) is 0 Å². The van der Waals surface area contributed by atoms with Gasteiger partial charge in [-0.1, -0.05) is 30.3 Å². The van der Waals surface area contributed by atoms with Gasteiger partial charge in [-0.2, -0.15) is 0 Å². The number of aliphatic hydroxyl groups excluding tert-OH is 1. The van der Waals surface area contributed by atoms with Crippen molar-refractivity contribution in [3.8, 4) is 11.5 Å². The number of fused-ring (bicyclic) bond motifs is 1. The normalized spacial score (nSPS) is 27.7. The number of hydrogen-bond donors (Lipinski definition) is 1. The number of amides is 1. The Hall–Kier alpha value is -2.49. The van der Waals surface area contributed by atoms with Gasteiger partial charge in [-0.05, 0) is 49.7 Å². The molecule has 3 aliphatic heterocycles. The van der Waals surface area contributed by atoms with Crippen molar-refractivity contribution in [2.75, 3.05) is 53.0 Å². The van der Waals surface area contributed by atoms with E-state index >= 15 is 0 Å². The molecule has 1 N–H and O–H groups in total. The summed E-state index contributed by atoms with van der Waals surface area (Å²) < 4.78 is 18.2. The quantitative estimate of drug-likeness (QED) is 0.642. The lowest BCUT2D eigenvalue weighted by molar-refractivity contribution is -0.161. The minimum absolute atomic E-state index is 0.0855. The molecule has 8 heteroatoms. The Labute approximate surface area is 219 Å². The second kappa shape index (κ2) is 12.4. The van der Waals surface area contributed by atoms with E-state index in [1.807, 2.05) is 47.4 Å². The Kier molecular flexibility index (Phi) is 8.74. The second-order valence-corrected chi connectivity index (χ2v) is 10.5. The van der Waals surface area contributed by atoms with E-state index in [1.165, 1.54) is 0 Å². The first-order chi connectivity index (χ1) is 18.0. The number of likely N-dealkylation sites (N-methyl/N-ethyl adjacent to an activating group) is 1. The number of nitrogens with zero attached hydrogens (tertiary/aromatic N) is 3. The summed E-state index contributed by atoms with van der Waals surface area (Å²) in [7, 11) is 2.09. The molecule has 1 amide bonds. The molecule has 0 spiro atoms. The topological polar surface area (TPSA) is 74.7 Å². The summed E-state index contributed by atoms with van der Waals surface area (Å²) in [6.07, 6.45) is 1.43. The first kappa shape index (κ1) is 26.1. The molecule has 37 heavy (non-hydrogen) atoms. The number of hydrogen-bond acceptors (Lipinski definition) is 7. The number of para-hydroxylation sites is 1. The number of ether oxygens (including phenoxy) is 3. The lowest BCUT2D eigenvalue weighted by Crippen LogP contribution is -2.55. The van der Waals surface area contributed by atoms with E-state index in [0.717, 1.165) is 56.1 Å². The SMILES string of the molecule is CN1CCN(C(=O)C[C@H]2CC[C@H]3[C@@H](COC[C@H](O)CN3Cc3ccc(Oc4ccccc4)cc3)O2)CC1. The number of piperazine rings is 1. The van der Waals surface area contributed by atoms with Crippen LogP contribution in [0.15, 0.2) is 54.6 Å². The zero-order valence-corrected chi connectivity index (χ0v) is 21.7. The van der Waals surface area contributed by atoms with E-state index in [2.05, 4.69) is 29.0 Å². The first-order valence-electron chi connectivity index (χ1n) is 13.5. The number of benzene rings is 2. The van der Waals surface area contributed by atoms with Crippen LogP contribution in [-0.2, 0) is 20.8 Å². The molecule has 0 saturated carbocycles. The monoisotopic (exact) mass is 509 g/mol. The highest BCUT2D eigenvalue weighted by Gasteiger charge is 2.38. The number of carbonyl (C=O) groups is 1. The van der Waals surface area contributed by atoms with Crippen molar-refractivity contribution in [1.82, 2.24) is 14.7 Å². The number of aliphatic hydroxyl groups is 1. The predicted molar refractivity (Wildman–Crippen MR) is 141 cm³/mol. The summed E-state index contributed by atoms with van der Waals surface area (Å²) in [5.41, 5.74) is 1.15. The minimum Gasteiger partial charge on any atom is -0.457 e. The van der Waals surface area contributed by atoms with Gasteiger partial charge >= 0.3 is 0 Å². The molecule has 0 aromatic heterocycles. The van der Waals surface area contributed by atoms with Crippen LogP contribution in [0.1, 0.15) is 24.8 Å². The zero-order valence-electron chi connectivity index (χ0n) is 21.7. The largest absolute Gasteiger partial charge is 0.457 e. The van der Waals surface area contributed by atoms with Crippen molar-refractivity contribution >= 4 is 5.91 Å². The van der Waals surface area contributed by atoms with Crippen molar-refractivity contribution in [1.29, 1.82) is 0 Å². The Balaban J connectivity index is 1.20. The lowest BCUT2D eigenvalue weighted by atomic mass is 9.94. The van der Waals surface area contributed by atoms with Crippen LogP contribution >= 0.6 is 0 Å². The van der Waals surface area contributed by atoms with Gasteiger partial charge in [0, 0.05) is 45.3 Å². The Morgan fingerprint density at radius 1 is 0.973 bits per heavy atom. The maximum Gasteiger partial charge on any atom is 0.225 e. The maximum atomic E-state index is 12.9. The van der Waals surface area contributed by atoms with E-state index in [0.29, 0.717) is 26.1 Å².